The molecule has 6 nitrogen and oxygen atoms in total. The molecule has 0 unspecified atom stereocenters. The van der Waals surface area contributed by atoms with Crippen LogP contribution in [0.3, 0.4) is 0 Å². The van der Waals surface area contributed by atoms with Crippen molar-refractivity contribution in [3.8, 4) is 5.69 Å². The van der Waals surface area contributed by atoms with Gasteiger partial charge in [0.15, 0.2) is 5.96 Å². The van der Waals surface area contributed by atoms with Crippen molar-refractivity contribution in [2.75, 3.05) is 26.3 Å². The van der Waals surface area contributed by atoms with E-state index in [1.807, 2.05) is 47.4 Å². The summed E-state index contributed by atoms with van der Waals surface area (Å²) >= 11 is 0. The molecule has 0 saturated carbocycles. The molecular formula is C20H31N5O. The molecule has 6 heteroatoms. The number of hydrogen-bond acceptors (Lipinski definition) is 3. The van der Waals surface area contributed by atoms with Gasteiger partial charge in [0.2, 0.25) is 0 Å². The van der Waals surface area contributed by atoms with E-state index < -0.39 is 0 Å². The highest BCUT2D eigenvalue weighted by Crippen LogP contribution is 2.08. The summed E-state index contributed by atoms with van der Waals surface area (Å²) in [6.45, 7) is 10.2. The lowest BCUT2D eigenvalue weighted by Crippen LogP contribution is -2.38. The highest BCUT2D eigenvalue weighted by atomic mass is 16.5. The lowest BCUT2D eigenvalue weighted by molar-refractivity contribution is 0.108. The Morgan fingerprint density at radius 3 is 2.77 bits per heavy atom. The van der Waals surface area contributed by atoms with Gasteiger partial charge in [-0.2, -0.15) is 5.10 Å². The molecule has 0 amide bonds. The van der Waals surface area contributed by atoms with Crippen molar-refractivity contribution in [3.05, 3.63) is 48.3 Å². The summed E-state index contributed by atoms with van der Waals surface area (Å²) in [7, 11) is 0. The minimum Gasteiger partial charge on any atom is -0.381 e. The van der Waals surface area contributed by atoms with E-state index in [1.165, 1.54) is 0 Å². The second-order valence-electron chi connectivity index (χ2n) is 6.57. The normalized spacial score (nSPS) is 11.8. The Balaban J connectivity index is 1.80. The van der Waals surface area contributed by atoms with Gasteiger partial charge in [0.25, 0.3) is 0 Å². The third-order valence-electron chi connectivity index (χ3n) is 3.63. The number of rotatable bonds is 10. The van der Waals surface area contributed by atoms with Crippen LogP contribution in [0.4, 0.5) is 0 Å². The second-order valence-corrected chi connectivity index (χ2v) is 6.57. The molecule has 2 rings (SSSR count). The largest absolute Gasteiger partial charge is 0.381 e. The van der Waals surface area contributed by atoms with Crippen molar-refractivity contribution >= 4 is 5.96 Å². The molecule has 0 aliphatic heterocycles. The smallest absolute Gasteiger partial charge is 0.191 e. The fraction of sp³-hybridized carbons (Fsp3) is 0.500. The van der Waals surface area contributed by atoms with E-state index >= 15 is 0 Å². The zero-order chi connectivity index (χ0) is 18.6. The van der Waals surface area contributed by atoms with Gasteiger partial charge in [-0.3, -0.25) is 0 Å². The van der Waals surface area contributed by atoms with Gasteiger partial charge in [0.1, 0.15) is 0 Å². The number of nitrogens with one attached hydrogen (secondary N) is 2. The summed E-state index contributed by atoms with van der Waals surface area (Å²) in [5, 5.41) is 11.0. The van der Waals surface area contributed by atoms with Crippen LogP contribution in [-0.2, 0) is 11.3 Å². The fourth-order valence-electron chi connectivity index (χ4n) is 2.38. The molecule has 0 radical (unpaired) electrons. The molecule has 0 atom stereocenters. The van der Waals surface area contributed by atoms with Crippen LogP contribution in [0, 0.1) is 5.92 Å². The van der Waals surface area contributed by atoms with Gasteiger partial charge >= 0.3 is 0 Å². The number of benzene rings is 1. The maximum absolute atomic E-state index is 5.60. The highest BCUT2D eigenvalue weighted by Gasteiger charge is 2.02. The van der Waals surface area contributed by atoms with E-state index in [4.69, 9.17) is 4.74 Å². The molecule has 2 aromatic rings. The van der Waals surface area contributed by atoms with Gasteiger partial charge in [-0.05, 0) is 31.4 Å². The van der Waals surface area contributed by atoms with E-state index in [1.54, 1.807) is 0 Å². The molecule has 0 saturated heterocycles. The van der Waals surface area contributed by atoms with E-state index in [0.29, 0.717) is 12.5 Å². The number of ether oxygens (including phenoxy) is 1. The summed E-state index contributed by atoms with van der Waals surface area (Å²) in [5.41, 5.74) is 2.13. The van der Waals surface area contributed by atoms with Crippen molar-refractivity contribution in [1.29, 1.82) is 0 Å². The predicted octanol–water partition coefficient (Wildman–Crippen LogP) is 2.99. The summed E-state index contributed by atoms with van der Waals surface area (Å²) in [4.78, 5) is 4.64. The Morgan fingerprint density at radius 1 is 1.23 bits per heavy atom. The van der Waals surface area contributed by atoms with Crippen LogP contribution < -0.4 is 10.6 Å². The molecule has 0 spiro atoms. The van der Waals surface area contributed by atoms with Crippen LogP contribution in [0.15, 0.2) is 47.7 Å². The van der Waals surface area contributed by atoms with Gasteiger partial charge in [0.05, 0.1) is 18.4 Å². The Morgan fingerprint density at radius 2 is 2.04 bits per heavy atom. The first-order valence-electron chi connectivity index (χ1n) is 9.38. The standard InChI is InChI=1S/C20H31N5O/c1-4-21-20(22-11-8-12-26-16-17(2)3)23-13-18-14-24-25(15-18)19-9-6-5-7-10-19/h5-7,9-10,14-15,17H,4,8,11-13,16H2,1-3H3,(H2,21,22,23). The molecule has 0 aliphatic carbocycles. The van der Waals surface area contributed by atoms with Crippen LogP contribution in [-0.4, -0.2) is 42.0 Å². The molecule has 1 heterocycles. The number of aromatic nitrogens is 2. The molecule has 1 aromatic heterocycles. The van der Waals surface area contributed by atoms with Crippen molar-refractivity contribution < 1.29 is 4.74 Å². The third-order valence-corrected chi connectivity index (χ3v) is 3.63. The second kappa shape index (κ2) is 11.3. The van der Waals surface area contributed by atoms with Crippen molar-refractivity contribution in [2.45, 2.75) is 33.7 Å². The van der Waals surface area contributed by atoms with Crippen LogP contribution in [0.25, 0.3) is 5.69 Å². The molecule has 0 fully saturated rings. The molecule has 2 N–H and O–H groups in total. The number of para-hydroxylation sites is 1. The van der Waals surface area contributed by atoms with Crippen LogP contribution in [0.2, 0.25) is 0 Å². The van der Waals surface area contributed by atoms with Crippen LogP contribution in [0.1, 0.15) is 32.8 Å². The average Bonchev–Trinajstić information content (AvgIpc) is 3.12. The number of hydrogen-bond donors (Lipinski definition) is 2. The van der Waals surface area contributed by atoms with Crippen molar-refractivity contribution in [2.24, 2.45) is 10.9 Å². The first kappa shape index (κ1) is 20.0. The quantitative estimate of drug-likeness (QED) is 0.390. The predicted molar refractivity (Wildman–Crippen MR) is 107 cm³/mol. The third kappa shape index (κ3) is 7.27. The lowest BCUT2D eigenvalue weighted by Gasteiger charge is -2.11. The van der Waals surface area contributed by atoms with E-state index in [-0.39, 0.29) is 0 Å². The molecule has 142 valence electrons. The van der Waals surface area contributed by atoms with E-state index in [2.05, 4.69) is 41.5 Å². The highest BCUT2D eigenvalue weighted by molar-refractivity contribution is 5.79. The molecule has 26 heavy (non-hydrogen) atoms. The average molecular weight is 358 g/mol. The monoisotopic (exact) mass is 357 g/mol. The Kier molecular flexibility index (Phi) is 8.69. The molecule has 0 aliphatic rings. The number of nitrogens with zero attached hydrogens (tertiary/aromatic N) is 3. The van der Waals surface area contributed by atoms with E-state index in [9.17, 15) is 0 Å². The van der Waals surface area contributed by atoms with Gasteiger partial charge in [-0.25, -0.2) is 9.67 Å². The maximum atomic E-state index is 5.60. The lowest BCUT2D eigenvalue weighted by atomic mass is 10.2. The Hall–Kier alpha value is -2.34. The van der Waals surface area contributed by atoms with Crippen molar-refractivity contribution in [3.63, 3.8) is 0 Å². The summed E-state index contributed by atoms with van der Waals surface area (Å²) in [6, 6.07) is 10.1. The Labute approximate surface area is 156 Å². The van der Waals surface area contributed by atoms with Gasteiger partial charge in [-0.15, -0.1) is 0 Å². The first-order chi connectivity index (χ1) is 12.7. The summed E-state index contributed by atoms with van der Waals surface area (Å²) in [5.74, 6) is 1.41. The molecule has 0 bridgehead atoms. The fourth-order valence-corrected chi connectivity index (χ4v) is 2.38. The summed E-state index contributed by atoms with van der Waals surface area (Å²) < 4.78 is 7.47. The molecule has 1 aromatic carbocycles. The molecular weight excluding hydrogens is 326 g/mol. The summed E-state index contributed by atoms with van der Waals surface area (Å²) in [6.07, 6.45) is 4.84. The van der Waals surface area contributed by atoms with Crippen LogP contribution >= 0.6 is 0 Å². The van der Waals surface area contributed by atoms with Gasteiger partial charge in [-0.1, -0.05) is 32.0 Å². The topological polar surface area (TPSA) is 63.5 Å². The zero-order valence-electron chi connectivity index (χ0n) is 16.1. The first-order valence-corrected chi connectivity index (χ1v) is 9.38. The van der Waals surface area contributed by atoms with Crippen molar-refractivity contribution in [1.82, 2.24) is 20.4 Å². The zero-order valence-corrected chi connectivity index (χ0v) is 16.1. The van der Waals surface area contributed by atoms with Crippen LogP contribution in [0.5, 0.6) is 0 Å². The maximum Gasteiger partial charge on any atom is 0.191 e. The SMILES string of the molecule is CCNC(=NCc1cnn(-c2ccccc2)c1)NCCCOCC(C)C. The van der Waals surface area contributed by atoms with Gasteiger partial charge < -0.3 is 15.4 Å². The number of guanidine groups is 1. The van der Waals surface area contributed by atoms with E-state index in [0.717, 1.165) is 49.9 Å². The van der Waals surface area contributed by atoms with Gasteiger partial charge in [0, 0.05) is 38.1 Å². The minimum atomic E-state index is 0.582. The number of aliphatic imine (C=N–C) groups is 1. The Bertz CT molecular complexity index is 651. The minimum absolute atomic E-state index is 0.582.